The highest BCUT2D eigenvalue weighted by atomic mass is 16.2. The van der Waals surface area contributed by atoms with Crippen molar-refractivity contribution in [2.45, 2.75) is 13.1 Å². The lowest BCUT2D eigenvalue weighted by Crippen LogP contribution is -2.22. The van der Waals surface area contributed by atoms with E-state index in [0.717, 1.165) is 16.3 Å². The van der Waals surface area contributed by atoms with E-state index in [1.165, 1.54) is 0 Å². The fraction of sp³-hybridized carbons (Fsp3) is 0.125. The second-order valence-corrected chi connectivity index (χ2v) is 7.95. The molecule has 4 aromatic heterocycles. The molecule has 5 heterocycles. The van der Waals surface area contributed by atoms with Gasteiger partial charge in [-0.05, 0) is 18.2 Å². The minimum absolute atomic E-state index is 0.274. The molecule has 0 unspecified atom stereocenters. The third-order valence-corrected chi connectivity index (χ3v) is 5.97. The van der Waals surface area contributed by atoms with E-state index < -0.39 is 11.8 Å². The van der Waals surface area contributed by atoms with E-state index in [-0.39, 0.29) is 5.57 Å². The van der Waals surface area contributed by atoms with Crippen molar-refractivity contribution in [2.75, 3.05) is 0 Å². The maximum absolute atomic E-state index is 13.0. The number of hydrogen-bond donors (Lipinski definition) is 1. The molecule has 2 amide bonds. The van der Waals surface area contributed by atoms with Crippen LogP contribution in [0.5, 0.6) is 0 Å². The average molecular weight is 437 g/mol. The SMILES string of the molecule is Cn1cc(C2=C(c3nn(CCn4ccnc4)c4ncccc34)C(=O)NC2=O)c2ccccc21. The molecule has 5 aromatic rings. The van der Waals surface area contributed by atoms with Gasteiger partial charge in [-0.3, -0.25) is 14.9 Å². The second kappa shape index (κ2) is 7.27. The Kier molecular flexibility index (Phi) is 4.22. The normalized spacial score (nSPS) is 14.1. The molecule has 9 heteroatoms. The number of benzene rings is 1. The van der Waals surface area contributed by atoms with Gasteiger partial charge < -0.3 is 9.13 Å². The first-order chi connectivity index (χ1) is 16.1. The third-order valence-electron chi connectivity index (χ3n) is 5.97. The maximum atomic E-state index is 13.0. The zero-order valence-electron chi connectivity index (χ0n) is 17.8. The van der Waals surface area contributed by atoms with E-state index in [9.17, 15) is 9.59 Å². The van der Waals surface area contributed by atoms with Gasteiger partial charge in [0.15, 0.2) is 5.65 Å². The molecule has 0 spiro atoms. The van der Waals surface area contributed by atoms with Crippen LogP contribution in [0.1, 0.15) is 11.3 Å². The predicted molar refractivity (Wildman–Crippen MR) is 123 cm³/mol. The topological polar surface area (TPSA) is 99.6 Å². The zero-order chi connectivity index (χ0) is 22.5. The summed E-state index contributed by atoms with van der Waals surface area (Å²) in [5.74, 6) is -0.871. The Morgan fingerprint density at radius 2 is 1.76 bits per heavy atom. The fourth-order valence-electron chi connectivity index (χ4n) is 4.46. The van der Waals surface area contributed by atoms with Gasteiger partial charge in [0.2, 0.25) is 0 Å². The first-order valence-electron chi connectivity index (χ1n) is 10.5. The molecule has 1 aromatic carbocycles. The molecule has 1 aliphatic heterocycles. The Hall–Kier alpha value is -4.53. The van der Waals surface area contributed by atoms with E-state index >= 15 is 0 Å². The van der Waals surface area contributed by atoms with Crippen LogP contribution < -0.4 is 5.32 Å². The van der Waals surface area contributed by atoms with Gasteiger partial charge in [-0.25, -0.2) is 14.6 Å². The standard InChI is InChI=1S/C24H19N7O2/c1-29-13-17(15-5-2-3-7-18(15)29)19-20(24(33)27-23(19)32)21-16-6-4-8-26-22(16)31(28-21)12-11-30-10-9-25-14-30/h2-10,13-14H,11-12H2,1H3,(H,27,32,33). The Morgan fingerprint density at radius 3 is 2.61 bits per heavy atom. The van der Waals surface area contributed by atoms with Crippen LogP contribution in [0, 0.1) is 0 Å². The average Bonchev–Trinajstić information content (AvgIpc) is 3.59. The van der Waals surface area contributed by atoms with Crippen molar-refractivity contribution < 1.29 is 9.59 Å². The number of nitrogens with one attached hydrogen (secondary N) is 1. The second-order valence-electron chi connectivity index (χ2n) is 7.95. The highest BCUT2D eigenvalue weighted by Crippen LogP contribution is 2.37. The number of aryl methyl sites for hydroxylation is 3. The number of carbonyl (C=O) groups is 2. The molecule has 0 saturated heterocycles. The minimum Gasteiger partial charge on any atom is -0.350 e. The van der Waals surface area contributed by atoms with Crippen molar-refractivity contribution in [1.82, 2.24) is 34.2 Å². The number of rotatable bonds is 5. The number of pyridine rings is 1. The number of nitrogens with zero attached hydrogens (tertiary/aromatic N) is 6. The predicted octanol–water partition coefficient (Wildman–Crippen LogP) is 2.39. The Bertz CT molecular complexity index is 1590. The maximum Gasteiger partial charge on any atom is 0.261 e. The largest absolute Gasteiger partial charge is 0.350 e. The van der Waals surface area contributed by atoms with Crippen molar-refractivity contribution in [2.24, 2.45) is 7.05 Å². The van der Waals surface area contributed by atoms with Crippen LogP contribution in [0.4, 0.5) is 0 Å². The lowest BCUT2D eigenvalue weighted by Gasteiger charge is -2.03. The molecular formula is C24H19N7O2. The summed E-state index contributed by atoms with van der Waals surface area (Å²) in [6, 6.07) is 11.5. The molecule has 9 nitrogen and oxygen atoms in total. The Balaban J connectivity index is 1.56. The molecule has 33 heavy (non-hydrogen) atoms. The summed E-state index contributed by atoms with van der Waals surface area (Å²) in [6.45, 7) is 1.18. The molecule has 0 bridgehead atoms. The number of aromatic nitrogens is 6. The van der Waals surface area contributed by atoms with Crippen LogP contribution in [0.25, 0.3) is 33.1 Å². The summed E-state index contributed by atoms with van der Waals surface area (Å²) in [5.41, 5.74) is 3.40. The molecule has 0 fully saturated rings. The molecule has 0 saturated carbocycles. The summed E-state index contributed by atoms with van der Waals surface area (Å²) in [7, 11) is 1.92. The number of hydrogen-bond acceptors (Lipinski definition) is 5. The highest BCUT2D eigenvalue weighted by molar-refractivity contribution is 6.50. The monoisotopic (exact) mass is 437 g/mol. The fourth-order valence-corrected chi connectivity index (χ4v) is 4.46. The number of imidazole rings is 1. The number of fused-ring (bicyclic) bond motifs is 2. The third kappa shape index (κ3) is 2.97. The van der Waals surface area contributed by atoms with Crippen LogP contribution in [0.3, 0.4) is 0 Å². The first kappa shape index (κ1) is 19.2. The van der Waals surface area contributed by atoms with Crippen molar-refractivity contribution in [3.8, 4) is 0 Å². The zero-order valence-corrected chi connectivity index (χ0v) is 17.8. The van der Waals surface area contributed by atoms with Gasteiger partial charge in [0.1, 0.15) is 5.69 Å². The number of amides is 2. The van der Waals surface area contributed by atoms with Gasteiger partial charge in [0.05, 0.1) is 24.0 Å². The molecule has 6 rings (SSSR count). The quantitative estimate of drug-likeness (QED) is 0.426. The van der Waals surface area contributed by atoms with Crippen molar-refractivity contribution in [3.05, 3.63) is 78.8 Å². The van der Waals surface area contributed by atoms with Gasteiger partial charge in [0, 0.05) is 60.2 Å². The van der Waals surface area contributed by atoms with Crippen LogP contribution >= 0.6 is 0 Å². The van der Waals surface area contributed by atoms with Crippen LogP contribution in [-0.2, 0) is 29.7 Å². The Morgan fingerprint density at radius 1 is 0.939 bits per heavy atom. The summed E-state index contributed by atoms with van der Waals surface area (Å²) in [5, 5.41) is 8.86. The minimum atomic E-state index is -0.451. The van der Waals surface area contributed by atoms with Crippen LogP contribution in [0.2, 0.25) is 0 Å². The van der Waals surface area contributed by atoms with E-state index in [4.69, 9.17) is 5.10 Å². The number of imide groups is 1. The molecule has 0 radical (unpaired) electrons. The first-order valence-corrected chi connectivity index (χ1v) is 10.5. The molecule has 162 valence electrons. The lowest BCUT2D eigenvalue weighted by atomic mass is 9.98. The van der Waals surface area contributed by atoms with Crippen molar-refractivity contribution >= 4 is 44.9 Å². The van der Waals surface area contributed by atoms with Crippen molar-refractivity contribution in [1.29, 1.82) is 0 Å². The van der Waals surface area contributed by atoms with Gasteiger partial charge in [-0.15, -0.1) is 0 Å². The van der Waals surface area contributed by atoms with Gasteiger partial charge >= 0.3 is 0 Å². The number of para-hydroxylation sites is 1. The molecular weight excluding hydrogens is 418 g/mol. The summed E-state index contributed by atoms with van der Waals surface area (Å²) in [4.78, 5) is 34.6. The summed E-state index contributed by atoms with van der Waals surface area (Å²) in [6.07, 6.45) is 8.92. The summed E-state index contributed by atoms with van der Waals surface area (Å²) >= 11 is 0. The molecule has 1 N–H and O–H groups in total. The molecule has 0 aliphatic carbocycles. The van der Waals surface area contributed by atoms with E-state index in [1.807, 2.05) is 58.9 Å². The van der Waals surface area contributed by atoms with Crippen LogP contribution in [-0.4, -0.2) is 40.7 Å². The van der Waals surface area contributed by atoms with Gasteiger partial charge in [0.25, 0.3) is 11.8 Å². The summed E-state index contributed by atoms with van der Waals surface area (Å²) < 4.78 is 5.67. The number of carbonyl (C=O) groups excluding carboxylic acids is 2. The Labute approximate surface area is 188 Å². The molecule has 1 aliphatic rings. The van der Waals surface area contributed by atoms with Gasteiger partial charge in [-0.2, -0.15) is 5.10 Å². The smallest absolute Gasteiger partial charge is 0.261 e. The lowest BCUT2D eigenvalue weighted by molar-refractivity contribution is -0.122. The van der Waals surface area contributed by atoms with Crippen LogP contribution in [0.15, 0.2) is 67.5 Å². The van der Waals surface area contributed by atoms with Gasteiger partial charge in [-0.1, -0.05) is 18.2 Å². The van der Waals surface area contributed by atoms with E-state index in [0.29, 0.717) is 35.6 Å². The van der Waals surface area contributed by atoms with Crippen molar-refractivity contribution in [3.63, 3.8) is 0 Å². The van der Waals surface area contributed by atoms with E-state index in [1.54, 1.807) is 29.5 Å². The van der Waals surface area contributed by atoms with E-state index in [2.05, 4.69) is 15.3 Å². The molecule has 0 atom stereocenters. The highest BCUT2D eigenvalue weighted by Gasteiger charge is 2.36.